The van der Waals surface area contributed by atoms with Crippen molar-refractivity contribution in [1.29, 1.82) is 0 Å². The lowest BCUT2D eigenvalue weighted by atomic mass is 10.1. The zero-order chi connectivity index (χ0) is 10.0. The van der Waals surface area contributed by atoms with Gasteiger partial charge < -0.3 is 0 Å². The van der Waals surface area contributed by atoms with Crippen LogP contribution in [0.1, 0.15) is 28.0 Å². The predicted molar refractivity (Wildman–Crippen MR) is 39.3 cm³/mol. The number of aromatic nitrogens is 1. The van der Waals surface area contributed by atoms with E-state index in [1.165, 1.54) is 6.92 Å². The largest absolute Gasteiger partial charge is 0.298 e. The van der Waals surface area contributed by atoms with Gasteiger partial charge in [0.1, 0.15) is 5.69 Å². The van der Waals surface area contributed by atoms with E-state index in [2.05, 4.69) is 4.98 Å². The van der Waals surface area contributed by atoms with Crippen LogP contribution in [0.4, 0.5) is 13.2 Å². The van der Waals surface area contributed by atoms with Crippen molar-refractivity contribution in [2.75, 3.05) is 0 Å². The molecule has 13 heavy (non-hydrogen) atoms. The molecular formula is C8H6F3NO. The first-order valence-electron chi connectivity index (χ1n) is 3.46. The summed E-state index contributed by atoms with van der Waals surface area (Å²) in [5.41, 5.74) is -1.01. The van der Waals surface area contributed by atoms with Gasteiger partial charge in [-0.1, -0.05) is 0 Å². The van der Waals surface area contributed by atoms with E-state index in [0.29, 0.717) is 6.20 Å². The summed E-state index contributed by atoms with van der Waals surface area (Å²) in [5, 5.41) is 0. The molecule has 0 radical (unpaired) electrons. The molecule has 1 aromatic heterocycles. The lowest BCUT2D eigenvalue weighted by Gasteiger charge is -2.05. The highest BCUT2D eigenvalue weighted by molar-refractivity contribution is 5.77. The van der Waals surface area contributed by atoms with E-state index in [1.807, 2.05) is 0 Å². The molecule has 0 atom stereocenters. The first kappa shape index (κ1) is 9.70. The Bertz CT molecular complexity index is 338. The molecule has 0 aromatic carbocycles. The maximum atomic E-state index is 12.8. The van der Waals surface area contributed by atoms with E-state index in [1.54, 1.807) is 0 Å². The Morgan fingerprint density at radius 3 is 2.62 bits per heavy atom. The number of alkyl halides is 2. The fourth-order valence-electron chi connectivity index (χ4n) is 0.974. The van der Waals surface area contributed by atoms with Gasteiger partial charge in [-0.3, -0.25) is 9.78 Å². The van der Waals surface area contributed by atoms with Crippen molar-refractivity contribution >= 4 is 6.29 Å². The van der Waals surface area contributed by atoms with Gasteiger partial charge in [0.15, 0.2) is 12.1 Å². The number of halogens is 3. The summed E-state index contributed by atoms with van der Waals surface area (Å²) in [4.78, 5) is 13.5. The summed E-state index contributed by atoms with van der Waals surface area (Å²) in [6, 6.07) is 0. The van der Waals surface area contributed by atoms with Crippen LogP contribution >= 0.6 is 0 Å². The number of rotatable bonds is 2. The number of carbonyl (C=O) groups excluding carboxylic acids is 1. The van der Waals surface area contributed by atoms with Crippen molar-refractivity contribution < 1.29 is 18.0 Å². The molecule has 1 rings (SSSR count). The van der Waals surface area contributed by atoms with Gasteiger partial charge in [-0.05, 0) is 12.5 Å². The van der Waals surface area contributed by atoms with Crippen molar-refractivity contribution in [1.82, 2.24) is 4.98 Å². The number of nitrogens with zero attached hydrogens (tertiary/aromatic N) is 1. The molecule has 70 valence electrons. The molecule has 1 aromatic rings. The van der Waals surface area contributed by atoms with Gasteiger partial charge in [0.05, 0.1) is 11.8 Å². The van der Waals surface area contributed by atoms with Crippen LogP contribution < -0.4 is 0 Å². The topological polar surface area (TPSA) is 30.0 Å². The summed E-state index contributed by atoms with van der Waals surface area (Å²) in [6.45, 7) is 1.24. The maximum absolute atomic E-state index is 12.8. The predicted octanol–water partition coefficient (Wildman–Crippen LogP) is 2.28. The Hall–Kier alpha value is -1.39. The van der Waals surface area contributed by atoms with Crippen LogP contribution in [0, 0.1) is 12.7 Å². The SMILES string of the molecule is Cc1c(C(F)F)ncc(F)c1C=O. The van der Waals surface area contributed by atoms with Gasteiger partial charge in [-0.15, -0.1) is 0 Å². The number of aldehydes is 1. The Kier molecular flexibility index (Phi) is 2.65. The van der Waals surface area contributed by atoms with Crippen molar-refractivity contribution in [3.63, 3.8) is 0 Å². The third-order valence-electron chi connectivity index (χ3n) is 1.69. The van der Waals surface area contributed by atoms with Crippen LogP contribution in [-0.4, -0.2) is 11.3 Å². The van der Waals surface area contributed by atoms with E-state index in [0.717, 1.165) is 0 Å². The van der Waals surface area contributed by atoms with Crippen LogP contribution in [0.5, 0.6) is 0 Å². The molecular weight excluding hydrogens is 183 g/mol. The van der Waals surface area contributed by atoms with E-state index < -0.39 is 17.9 Å². The van der Waals surface area contributed by atoms with Crippen molar-refractivity contribution in [2.24, 2.45) is 0 Å². The Morgan fingerprint density at radius 1 is 1.54 bits per heavy atom. The van der Waals surface area contributed by atoms with Gasteiger partial charge in [0.2, 0.25) is 0 Å². The highest BCUT2D eigenvalue weighted by Gasteiger charge is 2.17. The lowest BCUT2D eigenvalue weighted by Crippen LogP contribution is -2.02. The minimum Gasteiger partial charge on any atom is -0.298 e. The smallest absolute Gasteiger partial charge is 0.280 e. The molecule has 0 aliphatic carbocycles. The number of carbonyl (C=O) groups is 1. The van der Waals surface area contributed by atoms with Crippen LogP contribution in [0.3, 0.4) is 0 Å². The minimum absolute atomic E-state index is 0.106. The summed E-state index contributed by atoms with van der Waals surface area (Å²) in [5.74, 6) is -0.878. The molecule has 0 N–H and O–H groups in total. The second-order valence-corrected chi connectivity index (χ2v) is 2.45. The molecule has 0 fully saturated rings. The first-order chi connectivity index (χ1) is 6.07. The molecule has 0 bridgehead atoms. The molecule has 0 saturated heterocycles. The summed E-state index contributed by atoms with van der Waals surface area (Å²) in [6.07, 6.45) is -1.96. The lowest BCUT2D eigenvalue weighted by molar-refractivity contribution is 0.111. The molecule has 1 heterocycles. The standard InChI is InChI=1S/C8H6F3NO/c1-4-5(3-13)6(9)2-12-7(4)8(10)11/h2-3,8H,1H3. The van der Waals surface area contributed by atoms with Crippen LogP contribution in [0.15, 0.2) is 6.20 Å². The zero-order valence-electron chi connectivity index (χ0n) is 6.72. The van der Waals surface area contributed by atoms with E-state index >= 15 is 0 Å². The molecule has 0 amide bonds. The Balaban J connectivity index is 3.35. The van der Waals surface area contributed by atoms with Gasteiger partial charge in [-0.2, -0.15) is 0 Å². The molecule has 2 nitrogen and oxygen atoms in total. The number of pyridine rings is 1. The van der Waals surface area contributed by atoms with E-state index in [4.69, 9.17) is 0 Å². The fraction of sp³-hybridized carbons (Fsp3) is 0.250. The van der Waals surface area contributed by atoms with Gasteiger partial charge in [0.25, 0.3) is 6.43 Å². The van der Waals surface area contributed by atoms with Crippen LogP contribution in [0.25, 0.3) is 0 Å². The summed E-state index contributed by atoms with van der Waals surface area (Å²) < 4.78 is 37.1. The van der Waals surface area contributed by atoms with E-state index in [9.17, 15) is 18.0 Å². The van der Waals surface area contributed by atoms with Gasteiger partial charge in [0, 0.05) is 0 Å². The van der Waals surface area contributed by atoms with Crippen LogP contribution in [0.2, 0.25) is 0 Å². The Morgan fingerprint density at radius 2 is 2.15 bits per heavy atom. The van der Waals surface area contributed by atoms with Crippen LogP contribution in [-0.2, 0) is 0 Å². The second-order valence-electron chi connectivity index (χ2n) is 2.45. The summed E-state index contributed by atoms with van der Waals surface area (Å²) in [7, 11) is 0. The normalized spacial score (nSPS) is 10.5. The first-order valence-corrected chi connectivity index (χ1v) is 3.46. The number of hydrogen-bond donors (Lipinski definition) is 0. The van der Waals surface area contributed by atoms with Crippen molar-refractivity contribution in [2.45, 2.75) is 13.3 Å². The van der Waals surface area contributed by atoms with E-state index in [-0.39, 0.29) is 17.4 Å². The fourth-order valence-corrected chi connectivity index (χ4v) is 0.974. The maximum Gasteiger partial charge on any atom is 0.280 e. The van der Waals surface area contributed by atoms with Gasteiger partial charge >= 0.3 is 0 Å². The molecule has 0 unspecified atom stereocenters. The third kappa shape index (κ3) is 1.68. The summed E-state index contributed by atoms with van der Waals surface area (Å²) >= 11 is 0. The second kappa shape index (κ2) is 3.55. The quantitative estimate of drug-likeness (QED) is 0.668. The number of hydrogen-bond acceptors (Lipinski definition) is 2. The average Bonchev–Trinajstić information content (AvgIpc) is 2.04. The Labute approximate surface area is 72.4 Å². The molecule has 0 saturated carbocycles. The van der Waals surface area contributed by atoms with Gasteiger partial charge in [-0.25, -0.2) is 13.2 Å². The highest BCUT2D eigenvalue weighted by atomic mass is 19.3. The zero-order valence-corrected chi connectivity index (χ0v) is 6.72. The molecule has 0 spiro atoms. The monoisotopic (exact) mass is 189 g/mol. The molecule has 0 aliphatic heterocycles. The minimum atomic E-state index is -2.79. The van der Waals surface area contributed by atoms with Crippen molar-refractivity contribution in [3.8, 4) is 0 Å². The highest BCUT2D eigenvalue weighted by Crippen LogP contribution is 2.22. The van der Waals surface area contributed by atoms with Crippen molar-refractivity contribution in [3.05, 3.63) is 28.8 Å². The third-order valence-corrected chi connectivity index (χ3v) is 1.69. The molecule has 0 aliphatic rings. The average molecular weight is 189 g/mol. The molecule has 5 heteroatoms.